The summed E-state index contributed by atoms with van der Waals surface area (Å²) in [5.74, 6) is -0.300. The maximum absolute atomic E-state index is 7.32. The van der Waals surface area contributed by atoms with Crippen molar-refractivity contribution in [3.05, 3.63) is 163 Å². The van der Waals surface area contributed by atoms with Gasteiger partial charge in [-0.25, -0.2) is 0 Å². The van der Waals surface area contributed by atoms with Gasteiger partial charge in [0.1, 0.15) is 0 Å². The summed E-state index contributed by atoms with van der Waals surface area (Å²) < 4.78 is 14.6. The van der Waals surface area contributed by atoms with Gasteiger partial charge in [0.25, 0.3) is 6.55 Å². The fraction of sp³-hybridized carbons (Fsp3) is 0.0625. The van der Waals surface area contributed by atoms with E-state index in [1.807, 2.05) is 12.1 Å². The summed E-state index contributed by atoms with van der Waals surface area (Å²) in [5.41, 5.74) is 4.45. The first-order valence-corrected chi connectivity index (χ1v) is 13.9. The van der Waals surface area contributed by atoms with Crippen LogP contribution >= 0.6 is 7.92 Å². The predicted octanol–water partition coefficient (Wildman–Crippen LogP) is 6.49. The second kappa shape index (κ2) is 10.2. The van der Waals surface area contributed by atoms with Crippen molar-refractivity contribution in [3.63, 3.8) is 0 Å². The molecule has 1 saturated heterocycles. The molecule has 2 nitrogen and oxygen atoms in total. The van der Waals surface area contributed by atoms with E-state index in [-0.39, 0.29) is 11.7 Å². The van der Waals surface area contributed by atoms with Gasteiger partial charge in [0.2, 0.25) is 0 Å². The van der Waals surface area contributed by atoms with Crippen LogP contribution in [0.2, 0.25) is 0 Å². The molecule has 1 aliphatic rings. The van der Waals surface area contributed by atoms with E-state index in [1.54, 1.807) is 0 Å². The molecule has 0 saturated carbocycles. The van der Waals surface area contributed by atoms with Crippen molar-refractivity contribution in [2.24, 2.45) is 0 Å². The number of rotatable bonds is 5. The maximum atomic E-state index is 7.32. The third kappa shape index (κ3) is 4.31. The Labute approximate surface area is 214 Å². The van der Waals surface area contributed by atoms with Crippen LogP contribution in [0, 0.1) is 0 Å². The largest absolute Gasteiger partial charge is 0.551 e. The highest BCUT2D eigenvalue weighted by Gasteiger charge is 2.46. The zero-order valence-electron chi connectivity index (χ0n) is 19.9. The van der Waals surface area contributed by atoms with Crippen molar-refractivity contribution in [3.8, 4) is 0 Å². The molecule has 0 bridgehead atoms. The summed E-state index contributed by atoms with van der Waals surface area (Å²) in [4.78, 5) is 0. The quantitative estimate of drug-likeness (QED) is 0.209. The van der Waals surface area contributed by atoms with Gasteiger partial charge >= 0.3 is 0 Å². The van der Waals surface area contributed by atoms with Crippen LogP contribution in [0.3, 0.4) is 0 Å². The van der Waals surface area contributed by atoms with Gasteiger partial charge in [-0.1, -0.05) is 152 Å². The molecule has 5 aromatic rings. The SMILES string of the molecule is c1ccc(C2O[B-](c3ccccc3)(c3ccccc3)OC(c3ccccc3)P2c2ccccc2)cc1. The van der Waals surface area contributed by atoms with Crippen LogP contribution in [0.5, 0.6) is 0 Å². The van der Waals surface area contributed by atoms with E-state index in [0.717, 1.165) is 10.9 Å². The van der Waals surface area contributed by atoms with E-state index >= 15 is 0 Å². The van der Waals surface area contributed by atoms with Gasteiger partial charge in [-0.15, -0.1) is 10.9 Å². The molecule has 0 N–H and O–H groups in total. The molecule has 2 atom stereocenters. The first-order valence-electron chi connectivity index (χ1n) is 12.4. The summed E-state index contributed by atoms with van der Waals surface area (Å²) >= 11 is 0. The van der Waals surface area contributed by atoms with E-state index in [4.69, 9.17) is 9.31 Å². The highest BCUT2D eigenvalue weighted by atomic mass is 31.1. The smallest absolute Gasteiger partial charge is 0.300 e. The summed E-state index contributed by atoms with van der Waals surface area (Å²) in [5, 5.41) is 1.26. The molecule has 4 heteroatoms. The fourth-order valence-corrected chi connectivity index (χ4v) is 8.05. The molecule has 5 aromatic carbocycles. The van der Waals surface area contributed by atoms with Gasteiger partial charge in [-0.3, -0.25) is 0 Å². The molecule has 36 heavy (non-hydrogen) atoms. The second-order valence-corrected chi connectivity index (χ2v) is 11.3. The minimum atomic E-state index is -1.97. The molecule has 0 aromatic heterocycles. The molecule has 0 spiro atoms. The molecule has 0 radical (unpaired) electrons. The molecular weight excluding hydrogens is 458 g/mol. The lowest BCUT2D eigenvalue weighted by Crippen LogP contribution is -2.65. The Bertz CT molecular complexity index is 1290. The Morgan fingerprint density at radius 2 is 0.750 bits per heavy atom. The topological polar surface area (TPSA) is 18.5 Å². The lowest BCUT2D eigenvalue weighted by atomic mass is 9.46. The van der Waals surface area contributed by atoms with E-state index < -0.39 is 14.5 Å². The minimum absolute atomic E-state index is 0.150. The molecule has 0 aliphatic carbocycles. The second-order valence-electron chi connectivity index (χ2n) is 9.07. The van der Waals surface area contributed by atoms with Crippen LogP contribution in [0.15, 0.2) is 152 Å². The first-order chi connectivity index (χ1) is 17.9. The predicted molar refractivity (Wildman–Crippen MR) is 151 cm³/mol. The van der Waals surface area contributed by atoms with Gasteiger partial charge < -0.3 is 9.31 Å². The van der Waals surface area contributed by atoms with Crippen molar-refractivity contribution < 1.29 is 9.31 Å². The van der Waals surface area contributed by atoms with E-state index in [2.05, 4.69) is 140 Å². The van der Waals surface area contributed by atoms with Gasteiger partial charge in [-0.2, -0.15) is 0 Å². The number of hydrogen-bond acceptors (Lipinski definition) is 2. The van der Waals surface area contributed by atoms with Crippen molar-refractivity contribution in [2.45, 2.75) is 11.7 Å². The Kier molecular flexibility index (Phi) is 6.53. The van der Waals surface area contributed by atoms with E-state index in [0.29, 0.717) is 0 Å². The molecule has 0 amide bonds. The Hall–Kier alpha value is -3.49. The monoisotopic (exact) mass is 485 g/mol. The van der Waals surface area contributed by atoms with Crippen LogP contribution in [0.4, 0.5) is 0 Å². The van der Waals surface area contributed by atoms with Crippen LogP contribution in [0.1, 0.15) is 22.8 Å². The molecule has 6 rings (SSSR count). The zero-order chi connectivity index (χ0) is 24.2. The average molecular weight is 485 g/mol. The van der Waals surface area contributed by atoms with Crippen LogP contribution in [0.25, 0.3) is 0 Å². The average Bonchev–Trinajstić information content (AvgIpc) is 2.99. The van der Waals surface area contributed by atoms with Gasteiger partial charge in [0.15, 0.2) is 0 Å². The highest BCUT2D eigenvalue weighted by molar-refractivity contribution is 7.66. The Balaban J connectivity index is 1.62. The highest BCUT2D eigenvalue weighted by Crippen LogP contribution is 2.65. The zero-order valence-corrected chi connectivity index (χ0v) is 20.8. The third-order valence-electron chi connectivity index (χ3n) is 6.85. The fourth-order valence-electron chi connectivity index (χ4n) is 5.15. The molecule has 1 heterocycles. The first kappa shape index (κ1) is 22.9. The van der Waals surface area contributed by atoms with E-state index in [1.165, 1.54) is 16.4 Å². The summed E-state index contributed by atoms with van der Waals surface area (Å²) in [6, 6.07) is 52.9. The van der Waals surface area contributed by atoms with Crippen molar-refractivity contribution in [1.29, 1.82) is 0 Å². The molecule has 176 valence electrons. The molecule has 1 fully saturated rings. The summed E-state index contributed by atoms with van der Waals surface area (Å²) in [6.07, 6.45) is 0. The number of benzene rings is 5. The lowest BCUT2D eigenvalue weighted by molar-refractivity contribution is 0.134. The van der Waals surface area contributed by atoms with Crippen LogP contribution in [-0.2, 0) is 9.31 Å². The van der Waals surface area contributed by atoms with Gasteiger partial charge in [0.05, 0.1) is 11.7 Å². The Morgan fingerprint density at radius 3 is 1.14 bits per heavy atom. The summed E-state index contributed by atoms with van der Waals surface area (Å²) in [6.45, 7) is -1.97. The normalized spacial score (nSPS) is 21.1. The van der Waals surface area contributed by atoms with Crippen LogP contribution < -0.4 is 16.2 Å². The standard InChI is InChI=1S/C32H27BO2P/c1-6-16-26(17-7-1)31-34-33(28-20-10-3-11-21-28,29-22-12-4-13-23-29)35-32(27-18-8-2-9-19-27)36(31)30-24-14-5-15-25-30/h1-25,31-32H/q-1. The van der Waals surface area contributed by atoms with Crippen molar-refractivity contribution in [2.75, 3.05) is 0 Å². The minimum Gasteiger partial charge on any atom is -0.551 e. The van der Waals surface area contributed by atoms with Crippen molar-refractivity contribution in [1.82, 2.24) is 0 Å². The maximum Gasteiger partial charge on any atom is 0.300 e. The molecule has 1 aliphatic heterocycles. The lowest BCUT2D eigenvalue weighted by Gasteiger charge is -2.57. The van der Waals surface area contributed by atoms with E-state index in [9.17, 15) is 0 Å². The molecule has 2 unspecified atom stereocenters. The number of hydrogen-bond donors (Lipinski definition) is 0. The van der Waals surface area contributed by atoms with Crippen LogP contribution in [-0.4, -0.2) is 6.55 Å². The summed E-state index contributed by atoms with van der Waals surface area (Å²) in [7, 11) is -0.914. The third-order valence-corrected chi connectivity index (χ3v) is 9.59. The van der Waals surface area contributed by atoms with Crippen molar-refractivity contribution >= 4 is 30.7 Å². The molecular formula is C32H27BO2P-. The Morgan fingerprint density at radius 1 is 0.417 bits per heavy atom. The van der Waals surface area contributed by atoms with Gasteiger partial charge in [0, 0.05) is 0 Å². The van der Waals surface area contributed by atoms with Gasteiger partial charge in [-0.05, 0) is 24.4 Å².